The van der Waals surface area contributed by atoms with Crippen molar-refractivity contribution < 1.29 is 43.6 Å². The van der Waals surface area contributed by atoms with Gasteiger partial charge in [0.25, 0.3) is 0 Å². The Balaban J connectivity index is 0.00000722. The number of aromatic hydroxyl groups is 1. The van der Waals surface area contributed by atoms with E-state index in [1.165, 1.54) is 24.3 Å². The number of imidazole rings is 1. The molecule has 0 radical (unpaired) electrons. The summed E-state index contributed by atoms with van der Waals surface area (Å²) in [5.74, 6) is 0.617. The number of phenolic OH excluding ortho intramolecular Hbond substituents is 1. The smallest absolute Gasteiger partial charge is 0.148 e. The van der Waals surface area contributed by atoms with E-state index in [2.05, 4.69) is 39.0 Å². The van der Waals surface area contributed by atoms with Gasteiger partial charge < -0.3 is 10.2 Å². The molecule has 0 bridgehead atoms. The van der Waals surface area contributed by atoms with Crippen molar-refractivity contribution in [2.75, 3.05) is 0 Å². The minimum atomic E-state index is -3.38. The zero-order valence-electron chi connectivity index (χ0n) is 44.3. The van der Waals surface area contributed by atoms with Crippen LogP contribution in [-0.2, 0) is 37.5 Å². The van der Waals surface area contributed by atoms with Gasteiger partial charge in [0.05, 0.1) is 22.2 Å². The molecule has 312 valence electrons. The van der Waals surface area contributed by atoms with E-state index >= 15 is 0 Å². The summed E-state index contributed by atoms with van der Waals surface area (Å²) in [7, 11) is 0. The average molecular weight is 993 g/mol. The van der Waals surface area contributed by atoms with E-state index < -0.39 is 31.6 Å². The molecule has 0 fully saturated rings. The Hall–Kier alpha value is -5.61. The Morgan fingerprint density at radius 1 is 0.623 bits per heavy atom. The zero-order chi connectivity index (χ0) is 50.2. The summed E-state index contributed by atoms with van der Waals surface area (Å²) in [6.45, 7) is 3.60. The summed E-state index contributed by atoms with van der Waals surface area (Å²) in [6.07, 6.45) is 1.64. The first-order valence-electron chi connectivity index (χ1n) is 24.5. The van der Waals surface area contributed by atoms with Crippen LogP contribution in [-0.4, -0.2) is 24.7 Å². The molecule has 6 heteroatoms. The first-order chi connectivity index (χ1) is 32.1. The molecule has 5 nitrogen and oxygen atoms in total. The molecule has 2 N–H and O–H groups in total. The number of hydrogen-bond acceptors (Lipinski definition) is 4. The molecule has 0 aliphatic rings. The number of rotatable bonds is 7. The Morgan fingerprint density at radius 2 is 1.33 bits per heavy atom. The van der Waals surface area contributed by atoms with Gasteiger partial charge >= 0.3 is 0 Å². The second kappa shape index (κ2) is 16.3. The molecule has 61 heavy (non-hydrogen) atoms. The fourth-order valence-electron chi connectivity index (χ4n) is 7.74. The first kappa shape index (κ1) is 33.1. The number of phenols is 1. The second-order valence-corrected chi connectivity index (χ2v) is 17.3. The van der Waals surface area contributed by atoms with Gasteiger partial charge in [-0.15, -0.1) is 29.3 Å². The van der Waals surface area contributed by atoms with E-state index in [-0.39, 0.29) is 37.8 Å². The number of para-hydroxylation sites is 1. The van der Waals surface area contributed by atoms with E-state index in [1.807, 2.05) is 103 Å². The third-order valence-electron chi connectivity index (χ3n) is 11.1. The number of fused-ring (bicyclic) bond motifs is 1. The van der Waals surface area contributed by atoms with Crippen LogP contribution in [0.4, 0.5) is 0 Å². The van der Waals surface area contributed by atoms with Gasteiger partial charge in [-0.1, -0.05) is 131 Å². The maximum absolute atomic E-state index is 11.7. The number of benzene rings is 6. The average Bonchev–Trinajstić information content (AvgIpc) is 3.66. The Kier molecular flexibility index (Phi) is 8.86. The zero-order valence-corrected chi connectivity index (χ0v) is 37.5. The first-order valence-corrected chi connectivity index (χ1v) is 20.0. The van der Waals surface area contributed by atoms with Crippen molar-refractivity contribution in [2.45, 2.75) is 85.5 Å². The summed E-state index contributed by atoms with van der Waals surface area (Å²) >= 11 is 0. The van der Waals surface area contributed by atoms with E-state index in [4.69, 9.17) is 22.3 Å². The Labute approximate surface area is 388 Å². The van der Waals surface area contributed by atoms with E-state index in [0.29, 0.717) is 50.4 Å². The quantitative estimate of drug-likeness (QED) is 0.156. The molecule has 2 aromatic heterocycles. The Bertz CT molecular complexity index is 3200. The van der Waals surface area contributed by atoms with Crippen LogP contribution < -0.4 is 0 Å². The largest absolute Gasteiger partial charge is 0.507 e. The van der Waals surface area contributed by atoms with Crippen LogP contribution in [0.2, 0.25) is 0 Å². The maximum Gasteiger partial charge on any atom is 0.148 e. The summed E-state index contributed by atoms with van der Waals surface area (Å²) in [5.41, 5.74) is 6.97. The number of aromatic nitrogens is 3. The van der Waals surface area contributed by atoms with Crippen LogP contribution in [0.25, 0.3) is 72.7 Å². The number of aryl methyl sites for hydroxylation is 2. The van der Waals surface area contributed by atoms with Crippen LogP contribution in [0.3, 0.4) is 0 Å². The minimum absolute atomic E-state index is 0. The molecule has 0 amide bonds. The summed E-state index contributed by atoms with van der Waals surface area (Å²) in [4.78, 5) is 10.2. The molecule has 8 rings (SSSR count). The third-order valence-corrected chi connectivity index (χ3v) is 11.1. The van der Waals surface area contributed by atoms with Crippen LogP contribution >= 0.6 is 0 Å². The summed E-state index contributed by atoms with van der Waals surface area (Å²) in [6, 6.07) is 42.9. The molecule has 0 saturated carbocycles. The van der Waals surface area contributed by atoms with Gasteiger partial charge in [-0.3, -0.25) is 9.55 Å². The second-order valence-electron chi connectivity index (χ2n) is 17.3. The molecule has 0 atom stereocenters. The molecule has 6 aromatic carbocycles. The Morgan fingerprint density at radius 3 is 2.02 bits per heavy atom. The maximum atomic E-state index is 11.7. The monoisotopic (exact) mass is 992 g/mol. The van der Waals surface area contributed by atoms with Gasteiger partial charge in [-0.05, 0) is 119 Å². The molecule has 0 aliphatic heterocycles. The van der Waals surface area contributed by atoms with Crippen molar-refractivity contribution >= 4 is 11.0 Å². The van der Waals surface area contributed by atoms with Crippen molar-refractivity contribution in [3.63, 3.8) is 0 Å². The number of pyridine rings is 1. The number of aliphatic hydroxyl groups is 1. The molecule has 8 aromatic rings. The van der Waals surface area contributed by atoms with Gasteiger partial charge in [0.1, 0.15) is 11.6 Å². The van der Waals surface area contributed by atoms with Crippen LogP contribution in [0.1, 0.15) is 95.3 Å². The molecule has 0 saturated heterocycles. The van der Waals surface area contributed by atoms with Gasteiger partial charge in [0.15, 0.2) is 0 Å². The van der Waals surface area contributed by atoms with Crippen molar-refractivity contribution in [1.29, 1.82) is 0 Å². The predicted octanol–water partition coefficient (Wildman–Crippen LogP) is 13.7. The number of hydrogen-bond donors (Lipinski definition) is 2. The van der Waals surface area contributed by atoms with Crippen LogP contribution in [0, 0.1) is 19.9 Å². The third kappa shape index (κ3) is 8.78. The predicted molar refractivity (Wildman–Crippen MR) is 249 cm³/mol. The van der Waals surface area contributed by atoms with Gasteiger partial charge in [0, 0.05) is 51.0 Å². The van der Waals surface area contributed by atoms with Crippen molar-refractivity contribution in [3.8, 4) is 67.5 Å². The molecule has 0 unspecified atom stereocenters. The number of nitrogens with zero attached hydrogens (tertiary/aromatic N) is 3. The van der Waals surface area contributed by atoms with Crippen molar-refractivity contribution in [3.05, 3.63) is 167 Å². The fourth-order valence-corrected chi connectivity index (χ4v) is 7.74. The van der Waals surface area contributed by atoms with Gasteiger partial charge in [0.2, 0.25) is 0 Å². The van der Waals surface area contributed by atoms with Gasteiger partial charge in [-0.2, -0.15) is 0 Å². The standard InChI is InChI=1S/C55H54N3O2.Pt/c1-34-25-35(2)51(59)47(26-34)52-57-50-46(17-14-18-49(50)58(52)45-31-39(36-15-12-11-13-16-36)28-44(33-45)55(9,10)60)40-27-41(30-43(29-40)54(6,7)8)48-32-38(23-24-56-48)37-19-21-42(22-20-37)53(3,4)5;/h11-26,28-33,59-60H,1-10H3;/q-1;/i3D3,4D3,5D3;. The summed E-state index contributed by atoms with van der Waals surface area (Å²) in [5, 5.41) is 23.2. The van der Waals surface area contributed by atoms with Crippen LogP contribution in [0.15, 0.2) is 134 Å². The molecular formula is C55H54N3O2Pt-. The molecular weight excluding hydrogens is 930 g/mol. The molecule has 0 spiro atoms. The summed E-state index contributed by atoms with van der Waals surface area (Å²) < 4.78 is 75.6. The van der Waals surface area contributed by atoms with Gasteiger partial charge in [-0.25, -0.2) is 4.98 Å². The van der Waals surface area contributed by atoms with Crippen molar-refractivity contribution in [2.24, 2.45) is 0 Å². The van der Waals surface area contributed by atoms with Crippen molar-refractivity contribution in [1.82, 2.24) is 14.5 Å². The van der Waals surface area contributed by atoms with E-state index in [9.17, 15) is 10.2 Å². The van der Waals surface area contributed by atoms with E-state index in [1.54, 1.807) is 26.1 Å². The fraction of sp³-hybridized carbons (Fsp3) is 0.236. The minimum Gasteiger partial charge on any atom is -0.507 e. The molecule has 2 heterocycles. The van der Waals surface area contributed by atoms with E-state index in [0.717, 1.165) is 44.6 Å². The SMILES string of the molecule is [2H]C([2H])([2H])C(c1ccc(-c2ccnc(-c3[c-]c(-c4cccc5c4nc(-c4cc(C)cc(C)c4O)n5-c4cc(-c5ccccc5)cc(C(C)(C)O)c4)cc(C(C)(C)C)c3)c2)cc1)(C([2H])([2H])[2H])C([2H])([2H])[2H].[Pt]. The topological polar surface area (TPSA) is 71.2 Å². The normalized spacial score (nSPS) is 14.9. The van der Waals surface area contributed by atoms with Crippen LogP contribution in [0.5, 0.6) is 5.75 Å². The molecule has 0 aliphatic carbocycles.